The molecule has 0 aliphatic carbocycles. The van der Waals surface area contributed by atoms with Crippen LogP contribution < -0.4 is 25.4 Å². The van der Waals surface area contributed by atoms with Crippen LogP contribution in [0.2, 0.25) is 0 Å². The third-order valence-corrected chi connectivity index (χ3v) is 5.16. The molecule has 3 amide bonds. The fourth-order valence-corrected chi connectivity index (χ4v) is 3.37. The highest BCUT2D eigenvalue weighted by Gasteiger charge is 2.08. The van der Waals surface area contributed by atoms with Gasteiger partial charge in [-0.2, -0.15) is 0 Å². The number of methoxy groups -OCH3 is 2. The normalized spacial score (nSPS) is 10.1. The minimum atomic E-state index is -0.320. The lowest BCUT2D eigenvalue weighted by Gasteiger charge is -2.10. The van der Waals surface area contributed by atoms with Crippen molar-refractivity contribution in [2.45, 2.75) is 4.90 Å². The Labute approximate surface area is 185 Å². The highest BCUT2D eigenvalue weighted by molar-refractivity contribution is 8.00. The summed E-state index contributed by atoms with van der Waals surface area (Å²) in [6.45, 7) is 0. The molecule has 0 unspecified atom stereocenters. The Balaban J connectivity index is 1.48. The van der Waals surface area contributed by atoms with Crippen LogP contribution in [-0.2, 0) is 4.79 Å². The first-order chi connectivity index (χ1) is 15.1. The number of thioether (sulfide) groups is 1. The molecule has 0 atom stereocenters. The van der Waals surface area contributed by atoms with E-state index in [0.29, 0.717) is 28.6 Å². The van der Waals surface area contributed by atoms with Gasteiger partial charge >= 0.3 is 6.03 Å². The Hall–Kier alpha value is -3.65. The van der Waals surface area contributed by atoms with Gasteiger partial charge in [-0.1, -0.05) is 18.2 Å². The molecule has 31 heavy (non-hydrogen) atoms. The van der Waals surface area contributed by atoms with Crippen LogP contribution >= 0.6 is 11.8 Å². The molecule has 0 spiro atoms. The average molecular weight is 438 g/mol. The van der Waals surface area contributed by atoms with E-state index >= 15 is 0 Å². The van der Waals surface area contributed by atoms with Crippen LogP contribution in [0.5, 0.6) is 11.5 Å². The second-order valence-electron chi connectivity index (χ2n) is 6.41. The fourth-order valence-electron chi connectivity index (χ4n) is 2.67. The molecule has 3 aromatic carbocycles. The van der Waals surface area contributed by atoms with Crippen LogP contribution in [0.15, 0.2) is 77.7 Å². The highest BCUT2D eigenvalue weighted by atomic mass is 32.2. The predicted molar refractivity (Wildman–Crippen MR) is 124 cm³/mol. The number of carbonyl (C=O) groups excluding carboxylic acids is 2. The van der Waals surface area contributed by atoms with Gasteiger partial charge in [-0.25, -0.2) is 4.79 Å². The molecule has 7 nitrogen and oxygen atoms in total. The molecule has 0 radical (unpaired) electrons. The Morgan fingerprint density at radius 3 is 1.90 bits per heavy atom. The van der Waals surface area contributed by atoms with Crippen LogP contribution in [-0.4, -0.2) is 31.9 Å². The number of urea groups is 1. The van der Waals surface area contributed by atoms with Gasteiger partial charge in [0.2, 0.25) is 5.91 Å². The molecule has 0 heterocycles. The maximum atomic E-state index is 12.3. The predicted octanol–water partition coefficient (Wildman–Crippen LogP) is 5.08. The number of nitrogens with one attached hydrogen (secondary N) is 3. The molecule has 0 saturated heterocycles. The molecule has 0 bridgehead atoms. The number of hydrogen-bond donors (Lipinski definition) is 3. The topological polar surface area (TPSA) is 88.7 Å². The van der Waals surface area contributed by atoms with Crippen LogP contribution in [0.1, 0.15) is 0 Å². The Kier molecular flexibility index (Phi) is 7.78. The van der Waals surface area contributed by atoms with Gasteiger partial charge in [0.25, 0.3) is 0 Å². The lowest BCUT2D eigenvalue weighted by Crippen LogP contribution is -2.19. The zero-order chi connectivity index (χ0) is 22.1. The molecule has 0 saturated carbocycles. The van der Waals surface area contributed by atoms with Gasteiger partial charge in [-0.05, 0) is 36.4 Å². The molecule has 0 aromatic heterocycles. The van der Waals surface area contributed by atoms with E-state index in [2.05, 4.69) is 16.0 Å². The Morgan fingerprint density at radius 2 is 1.32 bits per heavy atom. The SMILES string of the molecule is COc1cc(NC(=O)CSc2ccc(NC(=O)Nc3ccccc3)cc2)cc(OC)c1. The van der Waals surface area contributed by atoms with Gasteiger partial charge < -0.3 is 25.4 Å². The van der Waals surface area contributed by atoms with Crippen LogP contribution in [0.4, 0.5) is 21.9 Å². The van der Waals surface area contributed by atoms with Crippen LogP contribution in [0.25, 0.3) is 0 Å². The van der Waals surface area contributed by atoms with Crippen molar-refractivity contribution in [3.63, 3.8) is 0 Å². The van der Waals surface area contributed by atoms with Gasteiger partial charge in [0.15, 0.2) is 0 Å². The zero-order valence-corrected chi connectivity index (χ0v) is 18.0. The summed E-state index contributed by atoms with van der Waals surface area (Å²) in [5.41, 5.74) is 1.98. The lowest BCUT2D eigenvalue weighted by atomic mass is 10.2. The zero-order valence-electron chi connectivity index (χ0n) is 17.2. The van der Waals surface area contributed by atoms with Gasteiger partial charge in [0.05, 0.1) is 20.0 Å². The number of benzene rings is 3. The first-order valence-corrected chi connectivity index (χ1v) is 10.4. The van der Waals surface area contributed by atoms with Crippen LogP contribution in [0.3, 0.4) is 0 Å². The smallest absolute Gasteiger partial charge is 0.323 e. The summed E-state index contributed by atoms with van der Waals surface area (Å²) >= 11 is 1.40. The minimum Gasteiger partial charge on any atom is -0.497 e. The second kappa shape index (κ2) is 10.9. The fraction of sp³-hybridized carbons (Fsp3) is 0.130. The maximum absolute atomic E-state index is 12.3. The molecule has 0 aliphatic heterocycles. The van der Waals surface area contributed by atoms with E-state index in [4.69, 9.17) is 9.47 Å². The minimum absolute atomic E-state index is 0.148. The van der Waals surface area contributed by atoms with Crippen molar-refractivity contribution in [3.05, 3.63) is 72.8 Å². The third-order valence-electron chi connectivity index (χ3n) is 4.15. The summed E-state index contributed by atoms with van der Waals surface area (Å²) in [5, 5.41) is 8.37. The van der Waals surface area contributed by atoms with E-state index in [9.17, 15) is 9.59 Å². The molecular formula is C23H23N3O4S. The number of para-hydroxylation sites is 1. The van der Waals surface area contributed by atoms with E-state index in [0.717, 1.165) is 4.90 Å². The van der Waals surface area contributed by atoms with E-state index in [1.165, 1.54) is 11.8 Å². The average Bonchev–Trinajstić information content (AvgIpc) is 2.79. The monoisotopic (exact) mass is 437 g/mol. The summed E-state index contributed by atoms with van der Waals surface area (Å²) in [6, 6.07) is 21.4. The van der Waals surface area contributed by atoms with Gasteiger partial charge in [0.1, 0.15) is 11.5 Å². The van der Waals surface area contributed by atoms with E-state index in [-0.39, 0.29) is 17.7 Å². The number of amides is 3. The Morgan fingerprint density at radius 1 is 0.742 bits per heavy atom. The van der Waals surface area contributed by atoms with Crippen molar-refractivity contribution < 1.29 is 19.1 Å². The number of rotatable bonds is 8. The molecule has 160 valence electrons. The molecule has 0 aliphatic rings. The van der Waals surface area contributed by atoms with Crippen molar-refractivity contribution in [2.75, 3.05) is 35.9 Å². The van der Waals surface area contributed by atoms with E-state index < -0.39 is 0 Å². The summed E-state index contributed by atoms with van der Waals surface area (Å²) in [5.74, 6) is 1.29. The first-order valence-electron chi connectivity index (χ1n) is 9.44. The summed E-state index contributed by atoms with van der Waals surface area (Å²) in [4.78, 5) is 25.3. The van der Waals surface area contributed by atoms with Gasteiger partial charge in [0, 0.05) is 40.2 Å². The van der Waals surface area contributed by atoms with Crippen molar-refractivity contribution in [1.29, 1.82) is 0 Å². The van der Waals surface area contributed by atoms with Crippen LogP contribution in [0, 0.1) is 0 Å². The molecular weight excluding hydrogens is 414 g/mol. The summed E-state index contributed by atoms with van der Waals surface area (Å²) < 4.78 is 10.4. The number of carbonyl (C=O) groups is 2. The van der Waals surface area contributed by atoms with E-state index in [1.54, 1.807) is 44.6 Å². The molecule has 0 fully saturated rings. The summed E-state index contributed by atoms with van der Waals surface area (Å²) in [6.07, 6.45) is 0. The number of ether oxygens (including phenoxy) is 2. The lowest BCUT2D eigenvalue weighted by molar-refractivity contribution is -0.113. The number of anilines is 3. The first kappa shape index (κ1) is 22.0. The summed E-state index contributed by atoms with van der Waals surface area (Å²) in [7, 11) is 3.11. The van der Waals surface area contributed by atoms with E-state index in [1.807, 2.05) is 42.5 Å². The largest absolute Gasteiger partial charge is 0.497 e. The van der Waals surface area contributed by atoms with Gasteiger partial charge in [-0.3, -0.25) is 4.79 Å². The van der Waals surface area contributed by atoms with Crippen molar-refractivity contribution >= 4 is 40.8 Å². The molecule has 3 rings (SSSR count). The molecule has 3 aromatic rings. The quantitative estimate of drug-likeness (QED) is 0.428. The highest BCUT2D eigenvalue weighted by Crippen LogP contribution is 2.26. The second-order valence-corrected chi connectivity index (χ2v) is 7.46. The van der Waals surface area contributed by atoms with Gasteiger partial charge in [-0.15, -0.1) is 11.8 Å². The third kappa shape index (κ3) is 6.97. The van der Waals surface area contributed by atoms with Crippen molar-refractivity contribution in [1.82, 2.24) is 0 Å². The number of hydrogen-bond acceptors (Lipinski definition) is 5. The molecule has 3 N–H and O–H groups in total. The standard InChI is InChI=1S/C23H23N3O4S/c1-29-19-12-18(13-20(14-19)30-2)24-22(27)15-31-21-10-8-17(9-11-21)26-23(28)25-16-6-4-3-5-7-16/h3-14H,15H2,1-2H3,(H,24,27)(H2,25,26,28). The Bertz CT molecular complexity index is 1000. The maximum Gasteiger partial charge on any atom is 0.323 e. The van der Waals surface area contributed by atoms with Crippen molar-refractivity contribution in [2.24, 2.45) is 0 Å². The molecule has 8 heteroatoms. The van der Waals surface area contributed by atoms with Crippen molar-refractivity contribution in [3.8, 4) is 11.5 Å².